The fourth-order valence-electron chi connectivity index (χ4n) is 0.948. The van der Waals surface area contributed by atoms with Gasteiger partial charge in [-0.05, 0) is 12.8 Å². The van der Waals surface area contributed by atoms with E-state index in [1.807, 2.05) is 0 Å². The quantitative estimate of drug-likeness (QED) is 0.416. The third-order valence-electron chi connectivity index (χ3n) is 1.67. The molecule has 1 aliphatic heterocycles. The van der Waals surface area contributed by atoms with Gasteiger partial charge in [-0.2, -0.15) is 0 Å². The highest BCUT2D eigenvalue weighted by Gasteiger charge is 2.28. The van der Waals surface area contributed by atoms with Gasteiger partial charge in [0.15, 0.2) is 6.10 Å². The molecular weight excluding hydrogens is 112 g/mol. The van der Waals surface area contributed by atoms with Gasteiger partial charge in [-0.15, -0.1) is 0 Å². The molecule has 1 atom stereocenters. The molecule has 0 bridgehead atoms. The van der Waals surface area contributed by atoms with Crippen LogP contribution in [0.25, 0.3) is 0 Å². The van der Waals surface area contributed by atoms with E-state index in [0.717, 1.165) is 5.76 Å². The van der Waals surface area contributed by atoms with Crippen LogP contribution in [0.4, 0.5) is 0 Å². The first kappa shape index (κ1) is 6.66. The monoisotopic (exact) mass is 126 g/mol. The summed E-state index contributed by atoms with van der Waals surface area (Å²) in [5.41, 5.74) is 0. The fourth-order valence-corrected chi connectivity index (χ4v) is 0.948. The third kappa shape index (κ3) is 2.08. The molecule has 1 heterocycles. The van der Waals surface area contributed by atoms with Gasteiger partial charge in [0.1, 0.15) is 5.76 Å². The minimum atomic E-state index is 0.427. The molecule has 9 heavy (non-hydrogen) atoms. The molecule has 0 amide bonds. The molecule has 1 aliphatic rings. The minimum absolute atomic E-state index is 0.427. The van der Waals surface area contributed by atoms with E-state index in [4.69, 9.17) is 4.74 Å². The molecule has 1 heteroatoms. The van der Waals surface area contributed by atoms with E-state index in [9.17, 15) is 0 Å². The molecule has 0 aromatic carbocycles. The van der Waals surface area contributed by atoms with E-state index in [1.54, 1.807) is 0 Å². The fraction of sp³-hybridized carbons (Fsp3) is 0.750. The summed E-state index contributed by atoms with van der Waals surface area (Å²) in [6.07, 6.45) is 5.52. The average molecular weight is 126 g/mol. The van der Waals surface area contributed by atoms with Crippen LogP contribution < -0.4 is 0 Å². The van der Waals surface area contributed by atoms with Crippen molar-refractivity contribution in [3.8, 4) is 0 Å². The SMILES string of the molecule is C=C1OC1CCCCC. The van der Waals surface area contributed by atoms with Crippen molar-refractivity contribution >= 4 is 0 Å². The summed E-state index contributed by atoms with van der Waals surface area (Å²) in [4.78, 5) is 0. The van der Waals surface area contributed by atoms with Crippen molar-refractivity contribution in [1.82, 2.24) is 0 Å². The summed E-state index contributed by atoms with van der Waals surface area (Å²) in [5, 5.41) is 0. The van der Waals surface area contributed by atoms with Crippen LogP contribution in [-0.2, 0) is 4.74 Å². The standard InChI is InChI=1S/C8H14O/c1-3-4-5-6-8-7(2)9-8/h8H,2-6H2,1H3. The summed E-state index contributed by atoms with van der Waals surface area (Å²) < 4.78 is 5.07. The molecule has 0 saturated carbocycles. The zero-order valence-corrected chi connectivity index (χ0v) is 6.02. The lowest BCUT2D eigenvalue weighted by Gasteiger charge is -1.90. The molecule has 1 unspecified atom stereocenters. The van der Waals surface area contributed by atoms with Crippen LogP contribution in [0.1, 0.15) is 32.6 Å². The number of epoxide rings is 1. The molecular formula is C8H14O. The number of hydrogen-bond acceptors (Lipinski definition) is 1. The second kappa shape index (κ2) is 2.90. The molecule has 1 nitrogen and oxygen atoms in total. The van der Waals surface area contributed by atoms with Gasteiger partial charge in [0, 0.05) is 0 Å². The highest BCUT2D eigenvalue weighted by atomic mass is 16.6. The highest BCUT2D eigenvalue weighted by Crippen LogP contribution is 2.29. The van der Waals surface area contributed by atoms with Gasteiger partial charge in [-0.3, -0.25) is 0 Å². The van der Waals surface area contributed by atoms with E-state index in [0.29, 0.717) is 6.10 Å². The predicted octanol–water partition coefficient (Wildman–Crippen LogP) is 2.48. The Morgan fingerprint density at radius 3 is 2.67 bits per heavy atom. The maximum Gasteiger partial charge on any atom is 0.154 e. The van der Waals surface area contributed by atoms with Crippen molar-refractivity contribution in [3.05, 3.63) is 12.3 Å². The van der Waals surface area contributed by atoms with Crippen molar-refractivity contribution in [2.45, 2.75) is 38.7 Å². The van der Waals surface area contributed by atoms with Gasteiger partial charge in [0.25, 0.3) is 0 Å². The number of unbranched alkanes of at least 4 members (excludes halogenated alkanes) is 2. The second-order valence-corrected chi connectivity index (χ2v) is 2.57. The largest absolute Gasteiger partial charge is 0.484 e. The first-order valence-electron chi connectivity index (χ1n) is 3.70. The maximum atomic E-state index is 5.07. The van der Waals surface area contributed by atoms with Gasteiger partial charge in [0.05, 0.1) is 0 Å². The van der Waals surface area contributed by atoms with Crippen LogP contribution in [0.5, 0.6) is 0 Å². The van der Waals surface area contributed by atoms with Crippen LogP contribution in [-0.4, -0.2) is 6.10 Å². The predicted molar refractivity (Wildman–Crippen MR) is 38.2 cm³/mol. The molecule has 52 valence electrons. The van der Waals surface area contributed by atoms with Crippen LogP contribution in [0.3, 0.4) is 0 Å². The molecule has 0 N–H and O–H groups in total. The normalized spacial score (nSPS) is 23.7. The Labute approximate surface area is 56.7 Å². The first-order chi connectivity index (χ1) is 4.34. The van der Waals surface area contributed by atoms with Gasteiger partial charge in [-0.1, -0.05) is 26.3 Å². The van der Waals surface area contributed by atoms with E-state index in [1.165, 1.54) is 25.7 Å². The van der Waals surface area contributed by atoms with Crippen LogP contribution >= 0.6 is 0 Å². The minimum Gasteiger partial charge on any atom is -0.484 e. The Kier molecular flexibility index (Phi) is 2.15. The van der Waals surface area contributed by atoms with Crippen molar-refractivity contribution in [3.63, 3.8) is 0 Å². The number of hydrogen-bond donors (Lipinski definition) is 0. The molecule has 0 radical (unpaired) electrons. The Balaban J connectivity index is 1.88. The van der Waals surface area contributed by atoms with Crippen molar-refractivity contribution in [2.24, 2.45) is 0 Å². The number of rotatable bonds is 4. The van der Waals surface area contributed by atoms with Gasteiger partial charge in [0.2, 0.25) is 0 Å². The average Bonchev–Trinajstić information content (AvgIpc) is 2.48. The van der Waals surface area contributed by atoms with E-state index < -0.39 is 0 Å². The lowest BCUT2D eigenvalue weighted by molar-refractivity contribution is 0.404. The molecule has 0 aromatic rings. The molecule has 0 aromatic heterocycles. The molecule has 0 spiro atoms. The Hall–Kier alpha value is -0.460. The topological polar surface area (TPSA) is 12.5 Å². The zero-order valence-electron chi connectivity index (χ0n) is 6.02. The summed E-state index contributed by atoms with van der Waals surface area (Å²) in [6, 6.07) is 0. The lowest BCUT2D eigenvalue weighted by atomic mass is 10.1. The number of ether oxygens (including phenoxy) is 1. The first-order valence-corrected chi connectivity index (χ1v) is 3.70. The van der Waals surface area contributed by atoms with Crippen molar-refractivity contribution in [2.75, 3.05) is 0 Å². The molecule has 1 saturated heterocycles. The zero-order chi connectivity index (χ0) is 6.69. The van der Waals surface area contributed by atoms with Gasteiger partial charge < -0.3 is 4.74 Å². The lowest BCUT2D eigenvalue weighted by Crippen LogP contribution is -1.82. The van der Waals surface area contributed by atoms with Gasteiger partial charge in [-0.25, -0.2) is 0 Å². The van der Waals surface area contributed by atoms with E-state index in [2.05, 4.69) is 13.5 Å². The summed E-state index contributed by atoms with van der Waals surface area (Å²) in [6.45, 7) is 5.92. The maximum absolute atomic E-state index is 5.07. The molecule has 1 rings (SSSR count). The van der Waals surface area contributed by atoms with Crippen molar-refractivity contribution < 1.29 is 4.74 Å². The Morgan fingerprint density at radius 2 is 2.22 bits per heavy atom. The Bertz CT molecular complexity index is 107. The Morgan fingerprint density at radius 1 is 1.56 bits per heavy atom. The second-order valence-electron chi connectivity index (χ2n) is 2.57. The summed E-state index contributed by atoms with van der Waals surface area (Å²) in [7, 11) is 0. The summed E-state index contributed by atoms with van der Waals surface area (Å²) >= 11 is 0. The van der Waals surface area contributed by atoms with Crippen LogP contribution in [0, 0.1) is 0 Å². The van der Waals surface area contributed by atoms with Crippen molar-refractivity contribution in [1.29, 1.82) is 0 Å². The molecule has 1 fully saturated rings. The van der Waals surface area contributed by atoms with E-state index >= 15 is 0 Å². The third-order valence-corrected chi connectivity index (χ3v) is 1.67. The van der Waals surface area contributed by atoms with Crippen LogP contribution in [0.2, 0.25) is 0 Å². The van der Waals surface area contributed by atoms with Crippen LogP contribution in [0.15, 0.2) is 12.3 Å². The molecule has 0 aliphatic carbocycles. The summed E-state index contributed by atoms with van der Waals surface area (Å²) in [5.74, 6) is 0.992. The highest BCUT2D eigenvalue weighted by molar-refractivity contribution is 5.07. The van der Waals surface area contributed by atoms with Gasteiger partial charge >= 0.3 is 0 Å². The van der Waals surface area contributed by atoms with E-state index in [-0.39, 0.29) is 0 Å². The smallest absolute Gasteiger partial charge is 0.154 e.